The highest BCUT2D eigenvalue weighted by Gasteiger charge is 2.14. The van der Waals surface area contributed by atoms with Gasteiger partial charge in [0.05, 0.1) is 13.2 Å². The van der Waals surface area contributed by atoms with Gasteiger partial charge in [0, 0.05) is 6.08 Å². The van der Waals surface area contributed by atoms with Crippen LogP contribution in [0.15, 0.2) is 61.2 Å². The molecule has 1 aliphatic rings. The first-order chi connectivity index (χ1) is 12.3. The maximum Gasteiger partial charge on any atom is 0.330 e. The number of unbranched alkanes of at least 4 members (excludes halogenated alkanes) is 1. The van der Waals surface area contributed by atoms with E-state index < -0.39 is 0 Å². The van der Waals surface area contributed by atoms with E-state index in [1.54, 1.807) is 0 Å². The van der Waals surface area contributed by atoms with E-state index in [1.165, 1.54) is 28.3 Å². The molecule has 0 aliphatic heterocycles. The van der Waals surface area contributed by atoms with Crippen molar-refractivity contribution in [2.45, 2.75) is 19.3 Å². The number of esters is 1. The summed E-state index contributed by atoms with van der Waals surface area (Å²) in [5.74, 6) is 0.519. The van der Waals surface area contributed by atoms with E-state index in [0.717, 1.165) is 25.0 Å². The number of hydrogen-bond donors (Lipinski definition) is 0. The molecule has 0 fully saturated rings. The van der Waals surface area contributed by atoms with Crippen molar-refractivity contribution in [3.8, 4) is 5.75 Å². The molecule has 0 heterocycles. The van der Waals surface area contributed by atoms with Crippen LogP contribution in [0.1, 0.15) is 29.5 Å². The Labute approximate surface area is 148 Å². The van der Waals surface area contributed by atoms with E-state index in [2.05, 4.69) is 49.1 Å². The molecule has 0 saturated carbocycles. The number of allylic oxidation sites excluding steroid dienone is 1. The molecule has 0 N–H and O–H groups in total. The second kappa shape index (κ2) is 8.34. The van der Waals surface area contributed by atoms with Crippen LogP contribution in [-0.4, -0.2) is 19.2 Å². The summed E-state index contributed by atoms with van der Waals surface area (Å²) < 4.78 is 10.8. The fourth-order valence-corrected chi connectivity index (χ4v) is 2.87. The molecule has 0 amide bonds. The zero-order valence-corrected chi connectivity index (χ0v) is 14.2. The number of benzene rings is 2. The second-order valence-corrected chi connectivity index (χ2v) is 6.00. The van der Waals surface area contributed by atoms with Gasteiger partial charge in [0.25, 0.3) is 0 Å². The molecular formula is C22H22O3. The molecule has 3 rings (SSSR count). The lowest BCUT2D eigenvalue weighted by Gasteiger charge is -2.08. The van der Waals surface area contributed by atoms with Crippen molar-refractivity contribution in [3.05, 3.63) is 77.9 Å². The first kappa shape index (κ1) is 17.0. The Morgan fingerprint density at radius 1 is 1.08 bits per heavy atom. The van der Waals surface area contributed by atoms with E-state index in [9.17, 15) is 4.79 Å². The number of ether oxygens (including phenoxy) is 2. The van der Waals surface area contributed by atoms with Gasteiger partial charge < -0.3 is 9.47 Å². The largest absolute Gasteiger partial charge is 0.494 e. The van der Waals surface area contributed by atoms with Crippen LogP contribution in [0.25, 0.3) is 11.6 Å². The quantitative estimate of drug-likeness (QED) is 0.400. The smallest absolute Gasteiger partial charge is 0.330 e. The van der Waals surface area contributed by atoms with Crippen LogP contribution in [0, 0.1) is 0 Å². The van der Waals surface area contributed by atoms with Crippen molar-refractivity contribution < 1.29 is 14.3 Å². The van der Waals surface area contributed by atoms with Gasteiger partial charge in [-0.05, 0) is 53.7 Å². The van der Waals surface area contributed by atoms with Gasteiger partial charge in [0.1, 0.15) is 5.75 Å². The van der Waals surface area contributed by atoms with Crippen molar-refractivity contribution in [2.75, 3.05) is 13.2 Å². The fraction of sp³-hybridized carbons (Fsp3) is 0.227. The molecule has 0 atom stereocenters. The molecule has 0 radical (unpaired) electrons. The third-order valence-electron chi connectivity index (χ3n) is 4.19. The number of carbonyl (C=O) groups excluding carboxylic acids is 1. The van der Waals surface area contributed by atoms with Crippen LogP contribution < -0.4 is 4.74 Å². The van der Waals surface area contributed by atoms with Crippen LogP contribution in [0.3, 0.4) is 0 Å². The predicted octanol–water partition coefficient (Wildman–Crippen LogP) is 4.67. The third kappa shape index (κ3) is 4.60. The van der Waals surface area contributed by atoms with Crippen LogP contribution in [0.4, 0.5) is 0 Å². The summed E-state index contributed by atoms with van der Waals surface area (Å²) in [7, 11) is 0. The topological polar surface area (TPSA) is 35.5 Å². The minimum atomic E-state index is -0.374. The van der Waals surface area contributed by atoms with Crippen molar-refractivity contribution in [3.63, 3.8) is 0 Å². The molecule has 3 nitrogen and oxygen atoms in total. The molecular weight excluding hydrogens is 312 g/mol. The standard InChI is InChI=1S/C22H22O3/c1-2-22(23)25-13-7-6-12-24-21-11-10-18-14-19(15-20(18)16-21)17-8-4-3-5-9-17/h2-5,8-11,14,16H,1,6-7,12-13,15H2. The number of carbonyl (C=O) groups is 1. The van der Waals surface area contributed by atoms with E-state index in [4.69, 9.17) is 9.47 Å². The predicted molar refractivity (Wildman–Crippen MR) is 100 cm³/mol. The minimum absolute atomic E-state index is 0.374. The van der Waals surface area contributed by atoms with E-state index in [0.29, 0.717) is 13.2 Å². The van der Waals surface area contributed by atoms with Crippen molar-refractivity contribution in [1.82, 2.24) is 0 Å². The summed E-state index contributed by atoms with van der Waals surface area (Å²) in [5.41, 5.74) is 5.19. The van der Waals surface area contributed by atoms with Gasteiger partial charge in [-0.25, -0.2) is 4.79 Å². The van der Waals surface area contributed by atoms with Crippen LogP contribution in [-0.2, 0) is 16.0 Å². The normalized spacial score (nSPS) is 12.2. The summed E-state index contributed by atoms with van der Waals surface area (Å²) in [4.78, 5) is 10.9. The summed E-state index contributed by atoms with van der Waals surface area (Å²) in [6.07, 6.45) is 5.99. The molecule has 0 spiro atoms. The zero-order chi connectivity index (χ0) is 17.5. The monoisotopic (exact) mass is 334 g/mol. The Bertz CT molecular complexity index is 775. The molecule has 0 aromatic heterocycles. The molecule has 0 unspecified atom stereocenters. The van der Waals surface area contributed by atoms with Crippen LogP contribution >= 0.6 is 0 Å². The van der Waals surface area contributed by atoms with Crippen LogP contribution in [0.5, 0.6) is 5.75 Å². The minimum Gasteiger partial charge on any atom is -0.494 e. The first-order valence-electron chi connectivity index (χ1n) is 8.57. The number of hydrogen-bond acceptors (Lipinski definition) is 3. The van der Waals surface area contributed by atoms with Gasteiger partial charge in [-0.2, -0.15) is 0 Å². The Hall–Kier alpha value is -2.81. The lowest BCUT2D eigenvalue weighted by Crippen LogP contribution is -2.04. The maximum absolute atomic E-state index is 10.9. The maximum atomic E-state index is 10.9. The van der Waals surface area contributed by atoms with Gasteiger partial charge in [0.2, 0.25) is 0 Å². The van der Waals surface area contributed by atoms with Crippen molar-refractivity contribution in [1.29, 1.82) is 0 Å². The molecule has 128 valence electrons. The van der Waals surface area contributed by atoms with Crippen LogP contribution in [0.2, 0.25) is 0 Å². The lowest BCUT2D eigenvalue weighted by molar-refractivity contribution is -0.137. The van der Waals surface area contributed by atoms with Crippen molar-refractivity contribution in [2.24, 2.45) is 0 Å². The summed E-state index contributed by atoms with van der Waals surface area (Å²) in [6.45, 7) is 4.38. The average Bonchev–Trinajstić information content (AvgIpc) is 3.08. The highest BCUT2D eigenvalue weighted by molar-refractivity contribution is 5.88. The Balaban J connectivity index is 1.47. The van der Waals surface area contributed by atoms with E-state index in [-0.39, 0.29) is 5.97 Å². The molecule has 2 aromatic carbocycles. The molecule has 25 heavy (non-hydrogen) atoms. The zero-order valence-electron chi connectivity index (χ0n) is 14.2. The Morgan fingerprint density at radius 2 is 1.88 bits per heavy atom. The van der Waals surface area contributed by atoms with Gasteiger partial charge in [0.15, 0.2) is 0 Å². The summed E-state index contributed by atoms with van der Waals surface area (Å²) in [6, 6.07) is 16.7. The molecule has 2 aromatic rings. The Morgan fingerprint density at radius 3 is 2.68 bits per heavy atom. The first-order valence-corrected chi connectivity index (χ1v) is 8.57. The fourth-order valence-electron chi connectivity index (χ4n) is 2.87. The molecule has 3 heteroatoms. The number of rotatable bonds is 8. The van der Waals surface area contributed by atoms with Crippen molar-refractivity contribution >= 4 is 17.6 Å². The highest BCUT2D eigenvalue weighted by atomic mass is 16.5. The van der Waals surface area contributed by atoms with E-state index in [1.807, 2.05) is 12.1 Å². The second-order valence-electron chi connectivity index (χ2n) is 6.00. The van der Waals surface area contributed by atoms with Gasteiger partial charge in [-0.3, -0.25) is 0 Å². The summed E-state index contributed by atoms with van der Waals surface area (Å²) in [5, 5.41) is 0. The molecule has 0 bridgehead atoms. The van der Waals surface area contributed by atoms with Gasteiger partial charge >= 0.3 is 5.97 Å². The SMILES string of the molecule is C=CC(=O)OCCCCOc1ccc2c(c1)CC(c1ccccc1)=C2. The molecule has 1 aliphatic carbocycles. The lowest BCUT2D eigenvalue weighted by atomic mass is 10.0. The summed E-state index contributed by atoms with van der Waals surface area (Å²) >= 11 is 0. The molecule has 0 saturated heterocycles. The Kier molecular flexibility index (Phi) is 5.68. The van der Waals surface area contributed by atoms with Gasteiger partial charge in [-0.15, -0.1) is 0 Å². The van der Waals surface area contributed by atoms with E-state index >= 15 is 0 Å². The average molecular weight is 334 g/mol. The number of fused-ring (bicyclic) bond motifs is 1. The van der Waals surface area contributed by atoms with Gasteiger partial charge in [-0.1, -0.05) is 49.1 Å². The highest BCUT2D eigenvalue weighted by Crippen LogP contribution is 2.33. The third-order valence-corrected chi connectivity index (χ3v) is 4.19.